The van der Waals surface area contributed by atoms with Gasteiger partial charge in [-0.1, -0.05) is 85.2 Å². The molecule has 4 rings (SSSR count). The van der Waals surface area contributed by atoms with Crippen molar-refractivity contribution in [3.63, 3.8) is 0 Å². The zero-order chi connectivity index (χ0) is 25.5. The van der Waals surface area contributed by atoms with Gasteiger partial charge in [-0.2, -0.15) is 5.26 Å². The Morgan fingerprint density at radius 1 is 1.06 bits per heavy atom. The zero-order valence-electron chi connectivity index (χ0n) is 19.9. The van der Waals surface area contributed by atoms with Crippen LogP contribution >= 0.6 is 23.4 Å². The van der Waals surface area contributed by atoms with Gasteiger partial charge in [0.25, 0.3) is 5.91 Å². The highest BCUT2D eigenvalue weighted by atomic mass is 35.5. The first-order valence-corrected chi connectivity index (χ1v) is 13.1. The van der Waals surface area contributed by atoms with Crippen LogP contribution in [0.5, 0.6) is 0 Å². The van der Waals surface area contributed by atoms with Crippen molar-refractivity contribution in [1.29, 1.82) is 5.26 Å². The molecule has 1 fully saturated rings. The summed E-state index contributed by atoms with van der Waals surface area (Å²) in [6.45, 7) is 2.15. The fourth-order valence-corrected chi connectivity index (χ4v) is 5.50. The fourth-order valence-electron chi connectivity index (χ4n) is 3.99. The lowest BCUT2D eigenvalue weighted by atomic mass is 10.1. The third kappa shape index (κ3) is 5.81. The second-order valence-corrected chi connectivity index (χ2v) is 10.1. The van der Waals surface area contributed by atoms with Gasteiger partial charge in [0.15, 0.2) is 0 Å². The summed E-state index contributed by atoms with van der Waals surface area (Å²) < 4.78 is 0. The van der Waals surface area contributed by atoms with Crippen LogP contribution in [0.4, 0.5) is 11.4 Å². The van der Waals surface area contributed by atoms with E-state index in [1.807, 2.05) is 66.7 Å². The number of aryl methyl sites for hydroxylation is 1. The monoisotopic (exact) mass is 515 g/mol. The molecule has 1 aliphatic heterocycles. The number of anilines is 2. The lowest BCUT2D eigenvalue weighted by molar-refractivity contribution is -0.117. The van der Waals surface area contributed by atoms with Crippen LogP contribution in [-0.2, 0) is 22.4 Å². The largest absolute Gasteiger partial charge is 0.321 e. The SMILES string of the molecule is CCCCc1ccc(NC(=O)/C(C#N)=C2/SC(Cc3ccccc3Cl)C(=O)N2c2ccccc2)cc1. The molecule has 1 N–H and O–H groups in total. The number of nitriles is 1. The van der Waals surface area contributed by atoms with Crippen molar-refractivity contribution in [1.82, 2.24) is 0 Å². The van der Waals surface area contributed by atoms with Crippen molar-refractivity contribution in [2.75, 3.05) is 10.2 Å². The van der Waals surface area contributed by atoms with Gasteiger partial charge in [-0.3, -0.25) is 14.5 Å². The van der Waals surface area contributed by atoms with Crippen LogP contribution in [0.25, 0.3) is 0 Å². The Bertz CT molecular complexity index is 1320. The average Bonchev–Trinajstić information content (AvgIpc) is 3.21. The van der Waals surface area contributed by atoms with Crippen LogP contribution in [0, 0.1) is 11.3 Å². The number of nitrogens with one attached hydrogen (secondary N) is 1. The maximum Gasteiger partial charge on any atom is 0.269 e. The van der Waals surface area contributed by atoms with E-state index in [9.17, 15) is 14.9 Å². The molecule has 2 amide bonds. The molecule has 0 radical (unpaired) electrons. The van der Waals surface area contributed by atoms with Gasteiger partial charge in [0.05, 0.1) is 5.25 Å². The quantitative estimate of drug-likeness (QED) is 0.266. The third-order valence-corrected chi connectivity index (χ3v) is 7.55. The van der Waals surface area contributed by atoms with Crippen molar-refractivity contribution in [2.24, 2.45) is 0 Å². The van der Waals surface area contributed by atoms with Gasteiger partial charge in [-0.25, -0.2) is 0 Å². The summed E-state index contributed by atoms with van der Waals surface area (Å²) in [6, 6.07) is 26.1. The van der Waals surface area contributed by atoms with Gasteiger partial charge in [0, 0.05) is 16.4 Å². The van der Waals surface area contributed by atoms with Crippen LogP contribution in [-0.4, -0.2) is 17.1 Å². The predicted molar refractivity (Wildman–Crippen MR) is 147 cm³/mol. The van der Waals surface area contributed by atoms with Crippen molar-refractivity contribution in [3.8, 4) is 6.07 Å². The second-order valence-electron chi connectivity index (χ2n) is 8.46. The van der Waals surface area contributed by atoms with E-state index in [4.69, 9.17) is 11.6 Å². The Hall–Kier alpha value is -3.53. The van der Waals surface area contributed by atoms with E-state index in [1.54, 1.807) is 18.2 Å². The van der Waals surface area contributed by atoms with Gasteiger partial charge in [0.1, 0.15) is 16.7 Å². The number of carbonyl (C=O) groups is 2. The summed E-state index contributed by atoms with van der Waals surface area (Å²) in [5, 5.41) is 13.2. The highest BCUT2D eigenvalue weighted by molar-refractivity contribution is 8.05. The minimum Gasteiger partial charge on any atom is -0.321 e. The van der Waals surface area contributed by atoms with Gasteiger partial charge in [-0.15, -0.1) is 0 Å². The number of halogens is 1. The van der Waals surface area contributed by atoms with E-state index in [0.29, 0.717) is 27.8 Å². The molecule has 3 aromatic carbocycles. The Morgan fingerprint density at radius 3 is 2.42 bits per heavy atom. The normalized spacial score (nSPS) is 16.5. The van der Waals surface area contributed by atoms with Crippen molar-refractivity contribution < 1.29 is 9.59 Å². The molecule has 0 spiro atoms. The maximum absolute atomic E-state index is 13.5. The first kappa shape index (κ1) is 25.6. The van der Waals surface area contributed by atoms with E-state index >= 15 is 0 Å². The van der Waals surface area contributed by atoms with E-state index in [2.05, 4.69) is 12.2 Å². The van der Waals surface area contributed by atoms with Gasteiger partial charge in [0.2, 0.25) is 5.91 Å². The molecule has 182 valence electrons. The minimum absolute atomic E-state index is 0.103. The summed E-state index contributed by atoms with van der Waals surface area (Å²) in [5.74, 6) is -0.740. The predicted octanol–water partition coefficient (Wildman–Crippen LogP) is 6.75. The number of para-hydroxylation sites is 1. The molecule has 0 saturated carbocycles. The molecule has 0 aromatic heterocycles. The third-order valence-electron chi connectivity index (χ3n) is 5.91. The number of unbranched alkanes of at least 4 members (excludes halogenated alkanes) is 1. The van der Waals surface area contributed by atoms with Gasteiger partial charge in [-0.05, 0) is 60.7 Å². The number of nitrogens with zero attached hydrogens (tertiary/aromatic N) is 2. The number of carbonyl (C=O) groups excluding carboxylic acids is 2. The highest BCUT2D eigenvalue weighted by Crippen LogP contribution is 2.42. The standard InChI is InChI=1S/C29H26ClN3O2S/c1-2-3-9-20-14-16-22(17-15-20)32-27(34)24(19-31)29-33(23-11-5-4-6-12-23)28(35)26(36-29)18-21-10-7-8-13-25(21)30/h4-8,10-17,26H,2-3,9,18H2,1H3,(H,32,34)/b29-24+. The average molecular weight is 516 g/mol. The smallest absolute Gasteiger partial charge is 0.269 e. The molecular weight excluding hydrogens is 490 g/mol. The summed E-state index contributed by atoms with van der Waals surface area (Å²) >= 11 is 7.57. The van der Waals surface area contributed by atoms with Gasteiger partial charge < -0.3 is 5.32 Å². The number of rotatable bonds is 8. The van der Waals surface area contributed by atoms with Gasteiger partial charge >= 0.3 is 0 Å². The molecule has 1 unspecified atom stereocenters. The number of benzene rings is 3. The Morgan fingerprint density at radius 2 is 1.75 bits per heavy atom. The molecule has 36 heavy (non-hydrogen) atoms. The van der Waals surface area contributed by atoms with Crippen LogP contribution in [0.2, 0.25) is 5.02 Å². The topological polar surface area (TPSA) is 73.2 Å². The molecule has 0 bridgehead atoms. The lowest BCUT2D eigenvalue weighted by Gasteiger charge is -2.18. The van der Waals surface area contributed by atoms with E-state index in [1.165, 1.54) is 22.2 Å². The van der Waals surface area contributed by atoms with E-state index in [-0.39, 0.29) is 11.5 Å². The number of hydrogen-bond acceptors (Lipinski definition) is 4. The van der Waals surface area contributed by atoms with Crippen LogP contribution < -0.4 is 10.2 Å². The Kier molecular flexibility index (Phi) is 8.48. The molecule has 7 heteroatoms. The first-order valence-electron chi connectivity index (χ1n) is 11.9. The molecule has 1 aliphatic rings. The Balaban J connectivity index is 1.64. The molecular formula is C29H26ClN3O2S. The fraction of sp³-hybridized carbons (Fsp3) is 0.207. The van der Waals surface area contributed by atoms with Crippen molar-refractivity contribution in [2.45, 2.75) is 37.9 Å². The number of hydrogen-bond donors (Lipinski definition) is 1. The molecule has 1 heterocycles. The maximum atomic E-state index is 13.5. The first-order chi connectivity index (χ1) is 17.5. The molecule has 0 aliphatic carbocycles. The molecule has 5 nitrogen and oxygen atoms in total. The van der Waals surface area contributed by atoms with Crippen molar-refractivity contribution in [3.05, 3.63) is 106 Å². The summed E-state index contributed by atoms with van der Waals surface area (Å²) in [4.78, 5) is 28.2. The molecule has 1 saturated heterocycles. The summed E-state index contributed by atoms with van der Waals surface area (Å²) in [5.41, 5.74) is 3.14. The zero-order valence-corrected chi connectivity index (χ0v) is 21.5. The Labute approximate surface area is 220 Å². The molecule has 3 aromatic rings. The van der Waals surface area contributed by atoms with Crippen LogP contribution in [0.1, 0.15) is 30.9 Å². The van der Waals surface area contributed by atoms with Crippen LogP contribution in [0.3, 0.4) is 0 Å². The second kappa shape index (κ2) is 11.9. The number of amides is 2. The summed E-state index contributed by atoms with van der Waals surface area (Å²) in [7, 11) is 0. The van der Waals surface area contributed by atoms with Crippen molar-refractivity contribution >= 4 is 46.6 Å². The minimum atomic E-state index is -0.548. The van der Waals surface area contributed by atoms with Crippen LogP contribution in [0.15, 0.2) is 89.5 Å². The van der Waals surface area contributed by atoms with E-state index in [0.717, 1.165) is 24.8 Å². The lowest BCUT2D eigenvalue weighted by Crippen LogP contribution is -2.30. The van der Waals surface area contributed by atoms with E-state index < -0.39 is 11.2 Å². The molecule has 1 atom stereocenters. The summed E-state index contributed by atoms with van der Waals surface area (Å²) in [6.07, 6.45) is 3.58. The number of thioether (sulfide) groups is 1. The highest BCUT2D eigenvalue weighted by Gasteiger charge is 2.41.